The van der Waals surface area contributed by atoms with Crippen LogP contribution in [0.25, 0.3) is 0 Å². The average Bonchev–Trinajstić information content (AvgIpc) is 2.38. The number of hydrogen-bond acceptors (Lipinski definition) is 4. The van der Waals surface area contributed by atoms with Gasteiger partial charge in [-0.3, -0.25) is 4.79 Å². The molecule has 1 rings (SSSR count). The van der Waals surface area contributed by atoms with Gasteiger partial charge in [-0.25, -0.2) is 0 Å². The smallest absolute Gasteiger partial charge is 0.224 e. The predicted octanol–water partition coefficient (Wildman–Crippen LogP) is 2.76. The van der Waals surface area contributed by atoms with E-state index in [1.165, 1.54) is 0 Å². The van der Waals surface area contributed by atoms with Crippen molar-refractivity contribution in [3.8, 4) is 0 Å². The van der Waals surface area contributed by atoms with Gasteiger partial charge in [-0.05, 0) is 42.5 Å². The number of aliphatic hydroxyl groups excluding tert-OH is 1. The first-order valence-electron chi connectivity index (χ1n) is 6.17. The Morgan fingerprint density at radius 3 is 2.84 bits per heavy atom. The molecule has 0 unspecified atom stereocenters. The number of rotatable bonds is 8. The molecule has 0 radical (unpaired) electrons. The Kier molecular flexibility index (Phi) is 7.70. The number of hydrogen-bond donors (Lipinski definition) is 3. The van der Waals surface area contributed by atoms with E-state index >= 15 is 0 Å². The van der Waals surface area contributed by atoms with Gasteiger partial charge >= 0.3 is 0 Å². The normalized spacial score (nSPS) is 10.4. The molecular formula is C13H19ClN2O2S. The van der Waals surface area contributed by atoms with Gasteiger partial charge in [-0.2, -0.15) is 11.8 Å². The number of nitrogens with two attached hydrogens (primary N) is 1. The first kappa shape index (κ1) is 16.1. The highest BCUT2D eigenvalue weighted by Gasteiger charge is 2.05. The van der Waals surface area contributed by atoms with Crippen molar-refractivity contribution in [1.29, 1.82) is 0 Å². The van der Waals surface area contributed by atoms with Crippen molar-refractivity contribution < 1.29 is 9.90 Å². The number of nitrogens with one attached hydrogen (secondary N) is 1. The lowest BCUT2D eigenvalue weighted by molar-refractivity contribution is -0.116. The van der Waals surface area contributed by atoms with Gasteiger partial charge in [-0.15, -0.1) is 0 Å². The van der Waals surface area contributed by atoms with Crippen molar-refractivity contribution >= 4 is 40.6 Å². The maximum absolute atomic E-state index is 11.7. The first-order valence-corrected chi connectivity index (χ1v) is 7.70. The summed E-state index contributed by atoms with van der Waals surface area (Å²) in [5.41, 5.74) is 6.82. The van der Waals surface area contributed by atoms with Crippen LogP contribution >= 0.6 is 23.4 Å². The standard InChI is InChI=1S/C13H19ClN2O2S/c14-10-4-5-11(15)12(9-10)16-13(18)3-1-7-19-8-2-6-17/h4-5,9,17H,1-3,6-8,15H2,(H,16,18). The maximum atomic E-state index is 11.7. The SMILES string of the molecule is Nc1ccc(Cl)cc1NC(=O)CCCSCCCO. The van der Waals surface area contributed by atoms with Crippen LogP contribution in [0.15, 0.2) is 18.2 Å². The molecule has 0 aliphatic rings. The lowest BCUT2D eigenvalue weighted by atomic mass is 10.2. The van der Waals surface area contributed by atoms with Crippen molar-refractivity contribution in [3.63, 3.8) is 0 Å². The summed E-state index contributed by atoms with van der Waals surface area (Å²) in [6.45, 7) is 0.224. The Hall–Kier alpha value is -0.910. The Morgan fingerprint density at radius 2 is 2.11 bits per heavy atom. The zero-order chi connectivity index (χ0) is 14.1. The maximum Gasteiger partial charge on any atom is 0.224 e. The molecule has 19 heavy (non-hydrogen) atoms. The molecule has 4 N–H and O–H groups in total. The number of amides is 1. The van der Waals surface area contributed by atoms with Crippen molar-refractivity contribution in [2.45, 2.75) is 19.3 Å². The van der Waals surface area contributed by atoms with Gasteiger partial charge in [0.25, 0.3) is 0 Å². The summed E-state index contributed by atoms with van der Waals surface area (Å²) >= 11 is 7.59. The van der Waals surface area contributed by atoms with Crippen LogP contribution in [0.4, 0.5) is 11.4 Å². The molecule has 0 saturated carbocycles. The molecule has 1 aromatic rings. The van der Waals surface area contributed by atoms with Gasteiger partial charge in [0.15, 0.2) is 0 Å². The number of nitrogen functional groups attached to an aromatic ring is 1. The van der Waals surface area contributed by atoms with Gasteiger partial charge in [0, 0.05) is 18.1 Å². The van der Waals surface area contributed by atoms with E-state index < -0.39 is 0 Å². The zero-order valence-electron chi connectivity index (χ0n) is 10.7. The summed E-state index contributed by atoms with van der Waals surface area (Å²) in [6, 6.07) is 5.00. The lowest BCUT2D eigenvalue weighted by Crippen LogP contribution is -2.12. The Morgan fingerprint density at radius 1 is 1.37 bits per heavy atom. The molecule has 0 saturated heterocycles. The molecule has 6 heteroatoms. The summed E-state index contributed by atoms with van der Waals surface area (Å²) in [6.07, 6.45) is 2.07. The van der Waals surface area contributed by atoms with Crippen LogP contribution in [-0.2, 0) is 4.79 Å². The van der Waals surface area contributed by atoms with E-state index in [0.717, 1.165) is 24.3 Å². The van der Waals surface area contributed by atoms with Crippen molar-refractivity contribution in [2.75, 3.05) is 29.2 Å². The summed E-state index contributed by atoms with van der Waals surface area (Å²) in [5.74, 6) is 1.79. The third-order valence-corrected chi connectivity index (χ3v) is 3.82. The van der Waals surface area contributed by atoms with Gasteiger partial charge in [0.1, 0.15) is 0 Å². The van der Waals surface area contributed by atoms with E-state index in [9.17, 15) is 4.79 Å². The quantitative estimate of drug-likeness (QED) is 0.510. The molecule has 106 valence electrons. The third kappa shape index (κ3) is 6.71. The van der Waals surface area contributed by atoms with E-state index in [4.69, 9.17) is 22.4 Å². The molecule has 0 heterocycles. The Labute approximate surface area is 122 Å². The van der Waals surface area contributed by atoms with Crippen LogP contribution in [0.5, 0.6) is 0 Å². The second kappa shape index (κ2) is 9.07. The van der Waals surface area contributed by atoms with Crippen molar-refractivity contribution in [1.82, 2.24) is 0 Å². The Balaban J connectivity index is 2.25. The third-order valence-electron chi connectivity index (χ3n) is 2.43. The highest BCUT2D eigenvalue weighted by atomic mass is 35.5. The van der Waals surface area contributed by atoms with Crippen LogP contribution in [0.3, 0.4) is 0 Å². The fraction of sp³-hybridized carbons (Fsp3) is 0.462. The zero-order valence-corrected chi connectivity index (χ0v) is 12.3. The van der Waals surface area contributed by atoms with Crippen LogP contribution in [0, 0.1) is 0 Å². The Bertz CT molecular complexity index is 416. The highest BCUT2D eigenvalue weighted by molar-refractivity contribution is 7.99. The number of thioether (sulfide) groups is 1. The fourth-order valence-electron chi connectivity index (χ4n) is 1.45. The number of carbonyl (C=O) groups is 1. The molecule has 4 nitrogen and oxygen atoms in total. The summed E-state index contributed by atoms with van der Waals surface area (Å²) < 4.78 is 0. The van der Waals surface area contributed by atoms with Crippen LogP contribution < -0.4 is 11.1 Å². The van der Waals surface area contributed by atoms with Crippen LogP contribution in [-0.4, -0.2) is 29.1 Å². The van der Waals surface area contributed by atoms with Crippen LogP contribution in [0.2, 0.25) is 5.02 Å². The van der Waals surface area contributed by atoms with E-state index in [2.05, 4.69) is 5.32 Å². The molecule has 0 spiro atoms. The molecule has 0 fully saturated rings. The number of halogens is 1. The van der Waals surface area contributed by atoms with Gasteiger partial charge in [0.05, 0.1) is 11.4 Å². The number of carbonyl (C=O) groups excluding carboxylic acids is 1. The molecule has 1 aromatic carbocycles. The number of anilines is 2. The molecule has 0 atom stereocenters. The second-order valence-corrected chi connectivity index (χ2v) is 5.73. The highest BCUT2D eigenvalue weighted by Crippen LogP contribution is 2.23. The van der Waals surface area contributed by atoms with Crippen molar-refractivity contribution in [2.24, 2.45) is 0 Å². The lowest BCUT2D eigenvalue weighted by Gasteiger charge is -2.08. The largest absolute Gasteiger partial charge is 0.397 e. The number of aliphatic hydroxyl groups is 1. The molecule has 0 aromatic heterocycles. The molecule has 0 aliphatic heterocycles. The minimum absolute atomic E-state index is 0.0586. The molecule has 0 aliphatic carbocycles. The summed E-state index contributed by atoms with van der Waals surface area (Å²) in [4.78, 5) is 11.7. The van der Waals surface area contributed by atoms with Gasteiger partial charge in [-0.1, -0.05) is 11.6 Å². The average molecular weight is 303 g/mol. The minimum Gasteiger partial charge on any atom is -0.397 e. The summed E-state index contributed by atoms with van der Waals surface area (Å²) in [5, 5.41) is 11.9. The predicted molar refractivity (Wildman–Crippen MR) is 82.8 cm³/mol. The topological polar surface area (TPSA) is 75.3 Å². The number of benzene rings is 1. The molecule has 0 bridgehead atoms. The van der Waals surface area contributed by atoms with E-state index in [-0.39, 0.29) is 12.5 Å². The van der Waals surface area contributed by atoms with Gasteiger partial charge < -0.3 is 16.2 Å². The minimum atomic E-state index is -0.0586. The first-order chi connectivity index (χ1) is 9.13. The van der Waals surface area contributed by atoms with Crippen LogP contribution in [0.1, 0.15) is 19.3 Å². The second-order valence-electron chi connectivity index (χ2n) is 4.07. The van der Waals surface area contributed by atoms with E-state index in [1.807, 2.05) is 0 Å². The summed E-state index contributed by atoms with van der Waals surface area (Å²) in [7, 11) is 0. The molecular weight excluding hydrogens is 284 g/mol. The van der Waals surface area contributed by atoms with E-state index in [0.29, 0.717) is 22.8 Å². The monoisotopic (exact) mass is 302 g/mol. The van der Waals surface area contributed by atoms with Crippen molar-refractivity contribution in [3.05, 3.63) is 23.2 Å². The van der Waals surface area contributed by atoms with E-state index in [1.54, 1.807) is 30.0 Å². The van der Waals surface area contributed by atoms with Gasteiger partial charge in [0.2, 0.25) is 5.91 Å². The fourth-order valence-corrected chi connectivity index (χ4v) is 2.51. The molecule has 1 amide bonds.